The Morgan fingerprint density at radius 3 is 2.38 bits per heavy atom. The van der Waals surface area contributed by atoms with E-state index in [4.69, 9.17) is 5.73 Å². The Morgan fingerprint density at radius 2 is 1.72 bits per heavy atom. The molecule has 0 unspecified atom stereocenters. The van der Waals surface area contributed by atoms with Gasteiger partial charge in [0.25, 0.3) is 5.91 Å². The van der Waals surface area contributed by atoms with E-state index in [9.17, 15) is 14.0 Å². The lowest BCUT2D eigenvalue weighted by Gasteiger charge is -2.37. The SMILES string of the molecule is Nc1ccc(N2CCN(C(=O)C3CC3)CC2)c(C(=O)NCc2ccc(F)cc2)c1. The van der Waals surface area contributed by atoms with Crippen LogP contribution in [0.15, 0.2) is 42.5 Å². The number of amides is 2. The number of rotatable bonds is 5. The summed E-state index contributed by atoms with van der Waals surface area (Å²) in [5.41, 5.74) is 8.58. The van der Waals surface area contributed by atoms with Gasteiger partial charge in [-0.05, 0) is 48.7 Å². The number of nitrogens with two attached hydrogens (primary N) is 1. The van der Waals surface area contributed by atoms with E-state index < -0.39 is 0 Å². The first-order chi connectivity index (χ1) is 14.0. The molecule has 0 atom stereocenters. The van der Waals surface area contributed by atoms with E-state index in [-0.39, 0.29) is 23.5 Å². The van der Waals surface area contributed by atoms with E-state index in [1.165, 1.54) is 12.1 Å². The summed E-state index contributed by atoms with van der Waals surface area (Å²) in [6.45, 7) is 2.99. The van der Waals surface area contributed by atoms with Crippen LogP contribution >= 0.6 is 0 Å². The van der Waals surface area contributed by atoms with Gasteiger partial charge < -0.3 is 20.9 Å². The van der Waals surface area contributed by atoms with E-state index in [2.05, 4.69) is 10.2 Å². The van der Waals surface area contributed by atoms with Crippen LogP contribution in [0.5, 0.6) is 0 Å². The fraction of sp³-hybridized carbons (Fsp3) is 0.364. The summed E-state index contributed by atoms with van der Waals surface area (Å²) in [6.07, 6.45) is 2.02. The predicted octanol–water partition coefficient (Wildman–Crippen LogP) is 2.40. The molecule has 7 heteroatoms. The highest BCUT2D eigenvalue weighted by Crippen LogP contribution is 2.32. The molecule has 0 spiro atoms. The summed E-state index contributed by atoms with van der Waals surface area (Å²) in [4.78, 5) is 29.2. The van der Waals surface area contributed by atoms with Gasteiger partial charge >= 0.3 is 0 Å². The van der Waals surface area contributed by atoms with Crippen molar-refractivity contribution in [1.29, 1.82) is 0 Å². The fourth-order valence-electron chi connectivity index (χ4n) is 3.65. The molecule has 2 fully saturated rings. The highest BCUT2D eigenvalue weighted by molar-refractivity contribution is 6.00. The standard InChI is InChI=1S/C22H25FN4O2/c23-17-5-1-15(2-6-17)14-25-21(28)19-13-18(24)7-8-20(19)26-9-11-27(12-10-26)22(29)16-3-4-16/h1-2,5-8,13,16H,3-4,9-12,14,24H2,(H,25,28). The Labute approximate surface area is 169 Å². The Bertz CT molecular complexity index is 904. The van der Waals surface area contributed by atoms with Gasteiger partial charge in [0.1, 0.15) is 5.82 Å². The molecule has 1 saturated carbocycles. The second-order valence-corrected chi connectivity index (χ2v) is 7.67. The zero-order valence-electron chi connectivity index (χ0n) is 16.2. The van der Waals surface area contributed by atoms with Crippen LogP contribution in [-0.4, -0.2) is 42.9 Å². The van der Waals surface area contributed by atoms with Crippen molar-refractivity contribution in [1.82, 2.24) is 10.2 Å². The van der Waals surface area contributed by atoms with Gasteiger partial charge in [0.05, 0.1) is 5.56 Å². The molecule has 3 N–H and O–H groups in total. The minimum Gasteiger partial charge on any atom is -0.399 e. The van der Waals surface area contributed by atoms with Crippen molar-refractivity contribution in [2.24, 2.45) is 5.92 Å². The highest BCUT2D eigenvalue weighted by atomic mass is 19.1. The van der Waals surface area contributed by atoms with Crippen LogP contribution in [0.3, 0.4) is 0 Å². The number of nitrogens with zero attached hydrogens (tertiary/aromatic N) is 2. The maximum absolute atomic E-state index is 13.0. The van der Waals surface area contributed by atoms with Crippen molar-refractivity contribution >= 4 is 23.2 Å². The molecule has 2 aliphatic rings. The first-order valence-electron chi connectivity index (χ1n) is 9.97. The topological polar surface area (TPSA) is 78.7 Å². The average Bonchev–Trinajstić information content (AvgIpc) is 3.58. The van der Waals surface area contributed by atoms with Crippen molar-refractivity contribution in [3.63, 3.8) is 0 Å². The van der Waals surface area contributed by atoms with Gasteiger partial charge in [0, 0.05) is 50.0 Å². The third-order valence-electron chi connectivity index (χ3n) is 5.49. The summed E-state index contributed by atoms with van der Waals surface area (Å²) in [5.74, 6) is -0.0456. The Hall–Kier alpha value is -3.09. The van der Waals surface area contributed by atoms with Crippen LogP contribution in [0, 0.1) is 11.7 Å². The summed E-state index contributed by atoms with van der Waals surface area (Å²) < 4.78 is 13.0. The van der Waals surface area contributed by atoms with Crippen LogP contribution in [0.4, 0.5) is 15.8 Å². The number of piperazine rings is 1. The lowest BCUT2D eigenvalue weighted by Crippen LogP contribution is -2.49. The first kappa shape index (κ1) is 19.2. The Kier molecular flexibility index (Phi) is 5.38. The molecule has 0 bridgehead atoms. The smallest absolute Gasteiger partial charge is 0.253 e. The second-order valence-electron chi connectivity index (χ2n) is 7.67. The number of nitrogens with one attached hydrogen (secondary N) is 1. The summed E-state index contributed by atoms with van der Waals surface area (Å²) >= 11 is 0. The molecule has 1 aliphatic carbocycles. The molecule has 2 aromatic carbocycles. The minimum atomic E-state index is -0.308. The van der Waals surface area contributed by atoms with Gasteiger partial charge in [-0.25, -0.2) is 4.39 Å². The number of benzene rings is 2. The molecule has 1 heterocycles. The average molecular weight is 396 g/mol. The normalized spacial score (nSPS) is 16.6. The van der Waals surface area contributed by atoms with Crippen LogP contribution in [0.1, 0.15) is 28.8 Å². The maximum atomic E-state index is 13.0. The van der Waals surface area contributed by atoms with Crippen LogP contribution < -0.4 is 16.0 Å². The minimum absolute atomic E-state index is 0.228. The van der Waals surface area contributed by atoms with Gasteiger partial charge in [0.2, 0.25) is 5.91 Å². The summed E-state index contributed by atoms with van der Waals surface area (Å²) in [6, 6.07) is 11.4. The van der Waals surface area contributed by atoms with Crippen molar-refractivity contribution in [2.75, 3.05) is 36.8 Å². The van der Waals surface area contributed by atoms with Crippen LogP contribution in [-0.2, 0) is 11.3 Å². The molecule has 0 aromatic heterocycles. The Morgan fingerprint density at radius 1 is 1.03 bits per heavy atom. The van der Waals surface area contributed by atoms with E-state index in [0.29, 0.717) is 44.0 Å². The number of hydrogen-bond acceptors (Lipinski definition) is 4. The zero-order valence-corrected chi connectivity index (χ0v) is 16.2. The van der Waals surface area contributed by atoms with E-state index in [0.717, 1.165) is 24.1 Å². The molecule has 0 radical (unpaired) electrons. The predicted molar refractivity (Wildman–Crippen MR) is 110 cm³/mol. The van der Waals surface area contributed by atoms with Gasteiger partial charge in [-0.15, -0.1) is 0 Å². The monoisotopic (exact) mass is 396 g/mol. The number of nitrogen functional groups attached to an aromatic ring is 1. The molecular weight excluding hydrogens is 371 g/mol. The number of anilines is 2. The van der Waals surface area contributed by atoms with Gasteiger partial charge in [0.15, 0.2) is 0 Å². The van der Waals surface area contributed by atoms with Crippen molar-refractivity contribution in [3.05, 3.63) is 59.4 Å². The van der Waals surface area contributed by atoms with Crippen molar-refractivity contribution in [3.8, 4) is 0 Å². The molecule has 1 saturated heterocycles. The summed E-state index contributed by atoms with van der Waals surface area (Å²) in [7, 11) is 0. The third-order valence-corrected chi connectivity index (χ3v) is 5.49. The third kappa shape index (κ3) is 4.50. The van der Waals surface area contributed by atoms with Crippen LogP contribution in [0.2, 0.25) is 0 Å². The lowest BCUT2D eigenvalue weighted by molar-refractivity contribution is -0.132. The number of halogens is 1. The van der Waals surface area contributed by atoms with Gasteiger partial charge in [-0.1, -0.05) is 12.1 Å². The zero-order chi connectivity index (χ0) is 20.4. The molecule has 152 valence electrons. The lowest BCUT2D eigenvalue weighted by atomic mass is 10.1. The molecule has 1 aliphatic heterocycles. The molecule has 4 rings (SSSR count). The number of carbonyl (C=O) groups excluding carboxylic acids is 2. The number of hydrogen-bond donors (Lipinski definition) is 2. The molecule has 2 amide bonds. The first-order valence-corrected chi connectivity index (χ1v) is 9.97. The van der Waals surface area contributed by atoms with Crippen molar-refractivity contribution in [2.45, 2.75) is 19.4 Å². The van der Waals surface area contributed by atoms with Crippen LogP contribution in [0.25, 0.3) is 0 Å². The number of carbonyl (C=O) groups is 2. The van der Waals surface area contributed by atoms with E-state index in [1.807, 2.05) is 11.0 Å². The molecule has 2 aromatic rings. The molecular formula is C22H25FN4O2. The maximum Gasteiger partial charge on any atom is 0.253 e. The van der Waals surface area contributed by atoms with Gasteiger partial charge in [-0.2, -0.15) is 0 Å². The fourth-order valence-corrected chi connectivity index (χ4v) is 3.65. The molecule has 6 nitrogen and oxygen atoms in total. The quantitative estimate of drug-likeness (QED) is 0.761. The van der Waals surface area contributed by atoms with E-state index >= 15 is 0 Å². The largest absolute Gasteiger partial charge is 0.399 e. The van der Waals surface area contributed by atoms with E-state index in [1.54, 1.807) is 24.3 Å². The second kappa shape index (κ2) is 8.11. The Balaban J connectivity index is 1.43. The van der Waals surface area contributed by atoms with Gasteiger partial charge in [-0.3, -0.25) is 9.59 Å². The highest BCUT2D eigenvalue weighted by Gasteiger charge is 2.34. The summed E-state index contributed by atoms with van der Waals surface area (Å²) in [5, 5.41) is 2.88. The molecule has 29 heavy (non-hydrogen) atoms. The van der Waals surface area contributed by atoms with Crippen molar-refractivity contribution < 1.29 is 14.0 Å².